The summed E-state index contributed by atoms with van der Waals surface area (Å²) in [5.74, 6) is -0.285. The Balaban J connectivity index is 1.05. The number of unbranched alkanes of at least 4 members (excludes halogenated alkanes) is 1. The first-order chi connectivity index (χ1) is 19.0. The molecule has 2 aliphatic rings. The Morgan fingerprint density at radius 2 is 1.85 bits per heavy atom. The number of amides is 1. The predicted molar refractivity (Wildman–Crippen MR) is 158 cm³/mol. The van der Waals surface area contributed by atoms with Crippen molar-refractivity contribution in [2.75, 3.05) is 55.7 Å². The smallest absolute Gasteiger partial charge is 0.306 e. The molecule has 0 bridgehead atoms. The molecule has 0 aliphatic carbocycles. The Kier molecular flexibility index (Phi) is 9.04. The van der Waals surface area contributed by atoms with E-state index in [1.54, 1.807) is 6.92 Å². The predicted octanol–water partition coefficient (Wildman–Crippen LogP) is 5.66. The average Bonchev–Trinajstić information content (AvgIpc) is 3.43. The second-order valence-corrected chi connectivity index (χ2v) is 11.7. The maximum absolute atomic E-state index is 12.6. The fourth-order valence-electron chi connectivity index (χ4n) is 5.62. The maximum Gasteiger partial charge on any atom is 0.306 e. The number of ether oxygens (including phenoxy) is 1. The molecule has 1 atom stereocenters. The van der Waals surface area contributed by atoms with Gasteiger partial charge in [-0.3, -0.25) is 14.5 Å². The molecule has 1 saturated heterocycles. The second-order valence-electron chi connectivity index (χ2n) is 10.7. The van der Waals surface area contributed by atoms with Crippen LogP contribution in [0.15, 0.2) is 47.8 Å². The zero-order valence-electron chi connectivity index (χ0n) is 22.8. The van der Waals surface area contributed by atoms with E-state index in [0.717, 1.165) is 69.0 Å². The van der Waals surface area contributed by atoms with E-state index in [1.807, 2.05) is 28.4 Å². The number of rotatable bonds is 12. The molecule has 3 aromatic rings. The van der Waals surface area contributed by atoms with E-state index in [1.165, 1.54) is 15.8 Å². The van der Waals surface area contributed by atoms with Gasteiger partial charge in [0.1, 0.15) is 5.75 Å². The number of carbonyl (C=O) groups excluding carboxylic acids is 1. The third-order valence-corrected chi connectivity index (χ3v) is 8.90. The van der Waals surface area contributed by atoms with E-state index in [0.29, 0.717) is 32.4 Å². The number of aliphatic carboxylic acids is 1. The first-order valence-corrected chi connectivity index (χ1v) is 15.1. The van der Waals surface area contributed by atoms with Crippen LogP contribution in [0.3, 0.4) is 0 Å². The van der Waals surface area contributed by atoms with Gasteiger partial charge in [0.05, 0.1) is 18.2 Å². The SMILES string of the molecule is CC(CCCN1C(=O)CCc2ccc(OCCCCN3CCN(c4cccc5sccc45)CC3)cc21)C(=O)O. The lowest BCUT2D eigenvalue weighted by Gasteiger charge is -2.36. The van der Waals surface area contributed by atoms with Gasteiger partial charge in [0.2, 0.25) is 5.91 Å². The number of benzene rings is 2. The molecule has 2 aliphatic heterocycles. The highest BCUT2D eigenvalue weighted by Crippen LogP contribution is 2.33. The third kappa shape index (κ3) is 6.73. The summed E-state index contributed by atoms with van der Waals surface area (Å²) in [6.07, 6.45) is 4.55. The molecule has 1 fully saturated rings. The van der Waals surface area contributed by atoms with Crippen molar-refractivity contribution in [3.05, 3.63) is 53.4 Å². The number of carboxylic acid groups (broad SMARTS) is 1. The largest absolute Gasteiger partial charge is 0.494 e. The Labute approximate surface area is 235 Å². The lowest BCUT2D eigenvalue weighted by Crippen LogP contribution is -2.46. The van der Waals surface area contributed by atoms with Crippen molar-refractivity contribution in [1.82, 2.24) is 4.90 Å². The zero-order chi connectivity index (χ0) is 27.2. The number of hydrogen-bond donors (Lipinski definition) is 1. The van der Waals surface area contributed by atoms with E-state index >= 15 is 0 Å². The minimum atomic E-state index is -0.787. The topological polar surface area (TPSA) is 73.3 Å². The van der Waals surface area contributed by atoms with Crippen molar-refractivity contribution >= 4 is 44.7 Å². The fourth-order valence-corrected chi connectivity index (χ4v) is 6.43. The number of nitrogens with zero attached hydrogens (tertiary/aromatic N) is 3. The van der Waals surface area contributed by atoms with Gasteiger partial charge in [-0.2, -0.15) is 0 Å². The fraction of sp³-hybridized carbons (Fsp3) is 0.484. The summed E-state index contributed by atoms with van der Waals surface area (Å²) >= 11 is 1.81. The highest BCUT2D eigenvalue weighted by atomic mass is 32.1. The number of fused-ring (bicyclic) bond motifs is 2. The summed E-state index contributed by atoms with van der Waals surface area (Å²) in [7, 11) is 0. The molecule has 1 aromatic heterocycles. The van der Waals surface area contributed by atoms with Gasteiger partial charge in [-0.05, 0) is 73.9 Å². The molecule has 1 unspecified atom stereocenters. The normalized spacial score (nSPS) is 16.9. The van der Waals surface area contributed by atoms with E-state index in [4.69, 9.17) is 9.84 Å². The maximum atomic E-state index is 12.6. The van der Waals surface area contributed by atoms with Crippen molar-refractivity contribution < 1.29 is 19.4 Å². The molecule has 1 amide bonds. The third-order valence-electron chi connectivity index (χ3n) is 8.02. The Bertz CT molecular complexity index is 1280. The molecular formula is C31H39N3O4S. The van der Waals surface area contributed by atoms with Crippen LogP contribution in [0.1, 0.15) is 44.6 Å². The molecular weight excluding hydrogens is 510 g/mol. The van der Waals surface area contributed by atoms with Crippen LogP contribution in [0, 0.1) is 5.92 Å². The molecule has 3 heterocycles. The molecule has 1 N–H and O–H groups in total. The summed E-state index contributed by atoms with van der Waals surface area (Å²) in [5, 5.41) is 12.7. The summed E-state index contributed by atoms with van der Waals surface area (Å²) in [6.45, 7) is 8.29. The number of aryl methyl sites for hydroxylation is 1. The van der Waals surface area contributed by atoms with Crippen molar-refractivity contribution in [3.8, 4) is 5.75 Å². The van der Waals surface area contributed by atoms with E-state index < -0.39 is 11.9 Å². The molecule has 208 valence electrons. The quantitative estimate of drug-likeness (QED) is 0.294. The van der Waals surface area contributed by atoms with Crippen molar-refractivity contribution in [2.45, 2.75) is 45.4 Å². The molecule has 8 heteroatoms. The molecule has 0 saturated carbocycles. The molecule has 7 nitrogen and oxygen atoms in total. The van der Waals surface area contributed by atoms with Gasteiger partial charge in [-0.1, -0.05) is 19.1 Å². The number of piperazine rings is 1. The Hall–Kier alpha value is -3.10. The molecule has 0 radical (unpaired) electrons. The zero-order valence-corrected chi connectivity index (χ0v) is 23.6. The minimum absolute atomic E-state index is 0.106. The highest BCUT2D eigenvalue weighted by molar-refractivity contribution is 7.17. The molecule has 5 rings (SSSR count). The van der Waals surface area contributed by atoms with Crippen LogP contribution in [0.4, 0.5) is 11.4 Å². The minimum Gasteiger partial charge on any atom is -0.494 e. The van der Waals surface area contributed by atoms with Gasteiger partial charge >= 0.3 is 5.97 Å². The summed E-state index contributed by atoms with van der Waals surface area (Å²) in [4.78, 5) is 30.6. The second kappa shape index (κ2) is 12.8. The summed E-state index contributed by atoms with van der Waals surface area (Å²) in [6, 6.07) is 14.9. The van der Waals surface area contributed by atoms with Gasteiger partial charge in [-0.25, -0.2) is 0 Å². The lowest BCUT2D eigenvalue weighted by molar-refractivity contribution is -0.141. The first-order valence-electron chi connectivity index (χ1n) is 14.2. The van der Waals surface area contributed by atoms with Gasteiger partial charge < -0.3 is 19.6 Å². The molecule has 39 heavy (non-hydrogen) atoms. The average molecular weight is 550 g/mol. The van der Waals surface area contributed by atoms with Gasteiger partial charge in [0.15, 0.2) is 0 Å². The Morgan fingerprint density at radius 1 is 1.00 bits per heavy atom. The van der Waals surface area contributed by atoms with Gasteiger partial charge in [0, 0.05) is 61.0 Å². The van der Waals surface area contributed by atoms with Crippen molar-refractivity contribution in [3.63, 3.8) is 0 Å². The van der Waals surface area contributed by atoms with Crippen molar-refractivity contribution in [1.29, 1.82) is 0 Å². The van der Waals surface area contributed by atoms with E-state index in [9.17, 15) is 9.59 Å². The number of carbonyl (C=O) groups is 2. The van der Waals surface area contributed by atoms with Crippen LogP contribution in [0.5, 0.6) is 5.75 Å². The summed E-state index contributed by atoms with van der Waals surface area (Å²) < 4.78 is 7.45. The van der Waals surface area contributed by atoms with Crippen LogP contribution in [0.25, 0.3) is 10.1 Å². The van der Waals surface area contributed by atoms with Gasteiger partial charge in [-0.15, -0.1) is 11.3 Å². The Morgan fingerprint density at radius 3 is 2.67 bits per heavy atom. The van der Waals surface area contributed by atoms with Crippen molar-refractivity contribution in [2.24, 2.45) is 5.92 Å². The van der Waals surface area contributed by atoms with Gasteiger partial charge in [0.25, 0.3) is 0 Å². The van der Waals surface area contributed by atoms with Crippen LogP contribution in [-0.4, -0.2) is 67.8 Å². The van der Waals surface area contributed by atoms with E-state index in [2.05, 4.69) is 45.5 Å². The highest BCUT2D eigenvalue weighted by Gasteiger charge is 2.25. The number of carboxylic acids is 1. The lowest BCUT2D eigenvalue weighted by atomic mass is 9.99. The number of thiophene rings is 1. The van der Waals surface area contributed by atoms with Crippen LogP contribution < -0.4 is 14.5 Å². The number of anilines is 2. The van der Waals surface area contributed by atoms with E-state index in [-0.39, 0.29) is 5.91 Å². The van der Waals surface area contributed by atoms with Crippen LogP contribution in [0.2, 0.25) is 0 Å². The number of hydrogen-bond acceptors (Lipinski definition) is 6. The monoisotopic (exact) mass is 549 g/mol. The molecule has 2 aromatic carbocycles. The summed E-state index contributed by atoms with van der Waals surface area (Å²) in [5.41, 5.74) is 3.44. The van der Waals surface area contributed by atoms with Crippen LogP contribution in [-0.2, 0) is 16.0 Å². The standard InChI is InChI=1S/C31H39N3O4S/c1-23(31(36)37)6-5-15-34-28-22-25(11-9-24(28)10-12-30(34)35)38-20-3-2-14-32-16-18-33(19-17-32)27-7-4-8-29-26(27)13-21-39-29/h4,7-9,11,13,21-23H,2-3,5-6,10,12,14-20H2,1H3,(H,36,37). The molecule has 0 spiro atoms. The first kappa shape index (κ1) is 27.5. The van der Waals surface area contributed by atoms with Crippen LogP contribution >= 0.6 is 11.3 Å².